The first-order valence-electron chi connectivity index (χ1n) is 9.73. The van der Waals surface area contributed by atoms with E-state index in [9.17, 15) is 0 Å². The third-order valence-corrected chi connectivity index (χ3v) is 5.23. The molecule has 0 aliphatic heterocycles. The summed E-state index contributed by atoms with van der Waals surface area (Å²) < 4.78 is 2.00. The molecule has 0 bridgehead atoms. The molecule has 0 spiro atoms. The zero-order valence-electron chi connectivity index (χ0n) is 17.0. The van der Waals surface area contributed by atoms with Gasteiger partial charge < -0.3 is 5.32 Å². The summed E-state index contributed by atoms with van der Waals surface area (Å²) in [6.45, 7) is 13.2. The van der Waals surface area contributed by atoms with Crippen molar-refractivity contribution >= 4 is 10.9 Å². The van der Waals surface area contributed by atoms with Gasteiger partial charge in [-0.15, -0.1) is 0 Å². The molecule has 0 aliphatic carbocycles. The van der Waals surface area contributed by atoms with Crippen molar-refractivity contribution in [2.24, 2.45) is 5.92 Å². The lowest BCUT2D eigenvalue weighted by molar-refractivity contribution is 0.486. The highest BCUT2D eigenvalue weighted by molar-refractivity contribution is 5.81. The van der Waals surface area contributed by atoms with Crippen LogP contribution in [-0.2, 0) is 0 Å². The maximum atomic E-state index is 4.63. The number of aryl methyl sites for hydroxylation is 1. The van der Waals surface area contributed by atoms with Crippen molar-refractivity contribution in [3.63, 3.8) is 0 Å². The fourth-order valence-corrected chi connectivity index (χ4v) is 3.86. The molecule has 0 saturated heterocycles. The largest absolute Gasteiger partial charge is 0.319 e. The summed E-state index contributed by atoms with van der Waals surface area (Å²) in [7, 11) is 1.99. The van der Waals surface area contributed by atoms with Crippen molar-refractivity contribution in [3.05, 3.63) is 96.7 Å². The van der Waals surface area contributed by atoms with Crippen molar-refractivity contribution in [2.75, 3.05) is 13.6 Å². The Balaban J connectivity index is 2.06. The van der Waals surface area contributed by atoms with Gasteiger partial charge in [-0.1, -0.05) is 62.1 Å². The number of hydrogen-bond acceptors (Lipinski definition) is 2. The van der Waals surface area contributed by atoms with E-state index in [1.165, 1.54) is 16.7 Å². The number of rotatable bonds is 8. The molecule has 1 N–H and O–H groups in total. The highest BCUT2D eigenvalue weighted by Crippen LogP contribution is 2.34. The van der Waals surface area contributed by atoms with Crippen molar-refractivity contribution < 1.29 is 0 Å². The van der Waals surface area contributed by atoms with Crippen LogP contribution in [0.4, 0.5) is 0 Å². The van der Waals surface area contributed by atoms with Gasteiger partial charge in [-0.05, 0) is 61.8 Å². The van der Waals surface area contributed by atoms with Gasteiger partial charge in [0.25, 0.3) is 0 Å². The molecular formula is C25H29N3. The van der Waals surface area contributed by atoms with Crippen LogP contribution >= 0.6 is 0 Å². The first kappa shape index (κ1) is 19.8. The zero-order valence-corrected chi connectivity index (χ0v) is 17.0. The Bertz CT molecular complexity index is 992. The van der Waals surface area contributed by atoms with Gasteiger partial charge in [0.1, 0.15) is 0 Å². The van der Waals surface area contributed by atoms with Gasteiger partial charge in [-0.25, -0.2) is 4.68 Å². The predicted molar refractivity (Wildman–Crippen MR) is 120 cm³/mol. The molecule has 2 atom stereocenters. The first-order valence-corrected chi connectivity index (χ1v) is 9.73. The molecule has 0 amide bonds. The van der Waals surface area contributed by atoms with Crippen LogP contribution in [0.2, 0.25) is 0 Å². The van der Waals surface area contributed by atoms with Crippen molar-refractivity contribution in [1.29, 1.82) is 0 Å². The van der Waals surface area contributed by atoms with Crippen LogP contribution < -0.4 is 5.32 Å². The normalized spacial score (nSPS) is 14.0. The summed E-state index contributed by atoms with van der Waals surface area (Å²) in [5.41, 5.74) is 5.89. The highest BCUT2D eigenvalue weighted by Gasteiger charge is 2.22. The Labute approximate surface area is 168 Å². The molecule has 0 radical (unpaired) electrons. The number of benzene rings is 2. The maximum absolute atomic E-state index is 4.63. The van der Waals surface area contributed by atoms with Gasteiger partial charge in [-0.2, -0.15) is 5.10 Å². The quantitative estimate of drug-likeness (QED) is 0.525. The predicted octanol–water partition coefficient (Wildman–Crippen LogP) is 5.57. The minimum absolute atomic E-state index is 0.245. The van der Waals surface area contributed by atoms with Crippen LogP contribution in [0.25, 0.3) is 16.6 Å². The third kappa shape index (κ3) is 4.00. The SMILES string of the molecule is C=C/C=C(\C=C)C(c1ccc2c(cnn2-c2ccc(C)cc2)c1)C(C)CNC. The minimum atomic E-state index is 0.245. The molecular weight excluding hydrogens is 342 g/mol. The monoisotopic (exact) mass is 371 g/mol. The van der Waals surface area contributed by atoms with Crippen molar-refractivity contribution in [1.82, 2.24) is 15.1 Å². The third-order valence-electron chi connectivity index (χ3n) is 5.23. The Kier molecular flexibility index (Phi) is 6.27. The lowest BCUT2D eigenvalue weighted by atomic mass is 9.80. The van der Waals surface area contributed by atoms with E-state index in [1.807, 2.05) is 30.1 Å². The van der Waals surface area contributed by atoms with E-state index < -0.39 is 0 Å². The molecule has 3 aromatic rings. The number of fused-ring (bicyclic) bond motifs is 1. The van der Waals surface area contributed by atoms with Crippen LogP contribution in [0.5, 0.6) is 0 Å². The average Bonchev–Trinajstić information content (AvgIpc) is 3.11. The summed E-state index contributed by atoms with van der Waals surface area (Å²) in [4.78, 5) is 0. The fourth-order valence-electron chi connectivity index (χ4n) is 3.86. The van der Waals surface area contributed by atoms with E-state index in [-0.39, 0.29) is 5.92 Å². The summed E-state index contributed by atoms with van der Waals surface area (Å²) in [6, 6.07) is 15.1. The molecule has 3 heteroatoms. The Morgan fingerprint density at radius 2 is 1.93 bits per heavy atom. The second-order valence-electron chi connectivity index (χ2n) is 7.33. The maximum Gasteiger partial charge on any atom is 0.0741 e. The smallest absolute Gasteiger partial charge is 0.0741 e. The van der Waals surface area contributed by atoms with E-state index in [0.29, 0.717) is 5.92 Å². The summed E-state index contributed by atoms with van der Waals surface area (Å²) in [5.74, 6) is 0.661. The fraction of sp³-hybridized carbons (Fsp3) is 0.240. The van der Waals surface area contributed by atoms with Crippen LogP contribution in [-0.4, -0.2) is 23.4 Å². The van der Waals surface area contributed by atoms with Crippen molar-refractivity contribution in [3.8, 4) is 5.69 Å². The van der Waals surface area contributed by atoms with Gasteiger partial charge in [0.15, 0.2) is 0 Å². The van der Waals surface area contributed by atoms with Crippen LogP contribution in [0.1, 0.15) is 24.0 Å². The Hall–Kier alpha value is -2.91. The number of aromatic nitrogens is 2. The summed E-state index contributed by atoms with van der Waals surface area (Å²) in [6.07, 6.45) is 7.79. The number of nitrogens with zero attached hydrogens (tertiary/aromatic N) is 2. The van der Waals surface area contributed by atoms with Crippen LogP contribution in [0, 0.1) is 12.8 Å². The van der Waals surface area contributed by atoms with E-state index >= 15 is 0 Å². The summed E-state index contributed by atoms with van der Waals surface area (Å²) >= 11 is 0. The van der Waals surface area contributed by atoms with Gasteiger partial charge in [0, 0.05) is 11.3 Å². The molecule has 3 nitrogen and oxygen atoms in total. The topological polar surface area (TPSA) is 29.9 Å². The Morgan fingerprint density at radius 1 is 1.18 bits per heavy atom. The molecule has 0 saturated carbocycles. The van der Waals surface area contributed by atoms with Gasteiger partial charge in [0.05, 0.1) is 17.4 Å². The molecule has 28 heavy (non-hydrogen) atoms. The molecule has 0 fully saturated rings. The minimum Gasteiger partial charge on any atom is -0.319 e. The van der Waals surface area contributed by atoms with Gasteiger partial charge in [0.2, 0.25) is 0 Å². The lowest BCUT2D eigenvalue weighted by Crippen LogP contribution is -2.23. The summed E-state index contributed by atoms with van der Waals surface area (Å²) in [5, 5.41) is 9.07. The van der Waals surface area contributed by atoms with E-state index in [4.69, 9.17) is 0 Å². The highest BCUT2D eigenvalue weighted by atomic mass is 15.3. The number of nitrogens with one attached hydrogen (secondary N) is 1. The second kappa shape index (κ2) is 8.85. The molecule has 0 aliphatic rings. The first-order chi connectivity index (χ1) is 13.6. The standard InChI is InChI=1S/C25H29N3/c1-6-8-20(7-2)25(19(4)16-26-5)21-11-14-24-22(15-21)17-27-28(24)23-12-9-18(3)10-13-23/h6-15,17,19,25-26H,1-2,16H2,3-5H3/b20-8+. The number of allylic oxidation sites excluding steroid dienone is 4. The van der Waals surface area contributed by atoms with Crippen LogP contribution in [0.3, 0.4) is 0 Å². The Morgan fingerprint density at radius 3 is 2.57 bits per heavy atom. The van der Waals surface area contributed by atoms with E-state index in [2.05, 4.69) is 86.0 Å². The molecule has 3 rings (SSSR count). The average molecular weight is 372 g/mol. The molecule has 1 heterocycles. The molecule has 2 unspecified atom stereocenters. The second-order valence-corrected chi connectivity index (χ2v) is 7.33. The lowest BCUT2D eigenvalue weighted by Gasteiger charge is -2.26. The van der Waals surface area contributed by atoms with Gasteiger partial charge >= 0.3 is 0 Å². The van der Waals surface area contributed by atoms with E-state index in [0.717, 1.165) is 23.1 Å². The van der Waals surface area contributed by atoms with E-state index in [1.54, 1.807) is 0 Å². The number of hydrogen-bond donors (Lipinski definition) is 1. The molecule has 144 valence electrons. The van der Waals surface area contributed by atoms with Crippen molar-refractivity contribution in [2.45, 2.75) is 19.8 Å². The molecule has 2 aromatic carbocycles. The van der Waals surface area contributed by atoms with Crippen LogP contribution in [0.15, 0.2) is 85.6 Å². The van der Waals surface area contributed by atoms with Gasteiger partial charge in [-0.3, -0.25) is 0 Å². The zero-order chi connectivity index (χ0) is 20.1. The molecule has 1 aromatic heterocycles.